The van der Waals surface area contributed by atoms with E-state index in [0.29, 0.717) is 6.54 Å². The number of benzene rings is 1. The molecule has 7 nitrogen and oxygen atoms in total. The summed E-state index contributed by atoms with van der Waals surface area (Å²) in [6, 6.07) is 9.58. The van der Waals surface area contributed by atoms with Gasteiger partial charge in [0.1, 0.15) is 5.82 Å². The molecule has 2 aromatic heterocycles. The van der Waals surface area contributed by atoms with Gasteiger partial charge in [0.25, 0.3) is 0 Å². The number of aromatic nitrogens is 2. The molecule has 1 aliphatic heterocycles. The average molecular weight is 378 g/mol. The minimum atomic E-state index is -0.222. The highest BCUT2D eigenvalue weighted by molar-refractivity contribution is 5.93. The van der Waals surface area contributed by atoms with Crippen molar-refractivity contribution in [2.45, 2.75) is 13.5 Å². The first kappa shape index (κ1) is 18.3. The summed E-state index contributed by atoms with van der Waals surface area (Å²) in [6.45, 7) is 6.42. The Hall–Kier alpha value is -3.06. The van der Waals surface area contributed by atoms with Crippen LogP contribution < -0.4 is 15.5 Å². The van der Waals surface area contributed by atoms with Gasteiger partial charge in [0.2, 0.25) is 0 Å². The smallest absolute Gasteiger partial charge is 0.319 e. The largest absolute Gasteiger partial charge is 0.361 e. The third kappa shape index (κ3) is 3.94. The van der Waals surface area contributed by atoms with Gasteiger partial charge in [-0.15, -0.1) is 0 Å². The fourth-order valence-corrected chi connectivity index (χ4v) is 3.56. The number of carbonyl (C=O) groups excluding carboxylic acids is 1. The van der Waals surface area contributed by atoms with Gasteiger partial charge >= 0.3 is 6.03 Å². The monoisotopic (exact) mass is 378 g/mol. The summed E-state index contributed by atoms with van der Waals surface area (Å²) in [7, 11) is 2.13. The number of likely N-dealkylation sites (N-methyl/N-ethyl adjacent to an activating group) is 1. The van der Waals surface area contributed by atoms with Crippen LogP contribution >= 0.6 is 0 Å². The van der Waals surface area contributed by atoms with Crippen molar-refractivity contribution in [2.75, 3.05) is 43.4 Å². The van der Waals surface area contributed by atoms with Crippen LogP contribution in [0, 0.1) is 6.92 Å². The SMILES string of the molecule is Cc1c[nH]c2ccc(NC(=O)NCc3cccnc3N3CCN(C)CC3)cc12. The second-order valence-electron chi connectivity index (χ2n) is 7.32. The number of nitrogens with zero attached hydrogens (tertiary/aromatic N) is 3. The first-order chi connectivity index (χ1) is 13.6. The highest BCUT2D eigenvalue weighted by atomic mass is 16.2. The van der Waals surface area contributed by atoms with Gasteiger partial charge in [0, 0.05) is 67.3 Å². The van der Waals surface area contributed by atoms with Gasteiger partial charge in [0.15, 0.2) is 0 Å². The zero-order valence-corrected chi connectivity index (χ0v) is 16.3. The lowest BCUT2D eigenvalue weighted by atomic mass is 10.2. The quantitative estimate of drug-likeness (QED) is 0.652. The highest BCUT2D eigenvalue weighted by Crippen LogP contribution is 2.22. The molecule has 4 rings (SSSR count). The van der Waals surface area contributed by atoms with E-state index in [1.54, 1.807) is 0 Å². The number of carbonyl (C=O) groups is 1. The van der Waals surface area contributed by atoms with E-state index in [-0.39, 0.29) is 6.03 Å². The lowest BCUT2D eigenvalue weighted by molar-refractivity contribution is 0.251. The number of hydrogen-bond acceptors (Lipinski definition) is 4. The highest BCUT2D eigenvalue weighted by Gasteiger charge is 2.18. The first-order valence-electron chi connectivity index (χ1n) is 9.60. The molecular weight excluding hydrogens is 352 g/mol. The molecule has 3 heterocycles. The van der Waals surface area contributed by atoms with Crippen LogP contribution in [0.5, 0.6) is 0 Å². The Bertz CT molecular complexity index is 974. The van der Waals surface area contributed by atoms with E-state index >= 15 is 0 Å². The molecule has 0 atom stereocenters. The molecule has 3 aromatic rings. The van der Waals surface area contributed by atoms with Crippen molar-refractivity contribution in [3.8, 4) is 0 Å². The summed E-state index contributed by atoms with van der Waals surface area (Å²) in [5.74, 6) is 0.959. The molecule has 1 aliphatic rings. The summed E-state index contributed by atoms with van der Waals surface area (Å²) < 4.78 is 0. The van der Waals surface area contributed by atoms with Crippen molar-refractivity contribution in [1.82, 2.24) is 20.2 Å². The van der Waals surface area contributed by atoms with Crippen LogP contribution in [0.15, 0.2) is 42.7 Å². The molecule has 0 aliphatic carbocycles. The van der Waals surface area contributed by atoms with E-state index < -0.39 is 0 Å². The number of nitrogens with one attached hydrogen (secondary N) is 3. The van der Waals surface area contributed by atoms with Crippen molar-refractivity contribution >= 4 is 28.4 Å². The Morgan fingerprint density at radius 1 is 1.21 bits per heavy atom. The fourth-order valence-electron chi connectivity index (χ4n) is 3.56. The molecule has 0 radical (unpaired) electrons. The Morgan fingerprint density at radius 2 is 2.04 bits per heavy atom. The van der Waals surface area contributed by atoms with E-state index in [0.717, 1.165) is 59.7 Å². The maximum absolute atomic E-state index is 12.4. The molecule has 146 valence electrons. The van der Waals surface area contributed by atoms with E-state index in [1.807, 2.05) is 49.6 Å². The summed E-state index contributed by atoms with van der Waals surface area (Å²) in [4.78, 5) is 24.8. The maximum Gasteiger partial charge on any atom is 0.319 e. The second kappa shape index (κ2) is 7.90. The molecule has 0 bridgehead atoms. The average Bonchev–Trinajstić information content (AvgIpc) is 3.08. The Balaban J connectivity index is 1.40. The molecule has 1 fully saturated rings. The molecule has 1 saturated heterocycles. The predicted molar refractivity (Wildman–Crippen MR) is 113 cm³/mol. The van der Waals surface area contributed by atoms with Crippen LogP contribution in [0.25, 0.3) is 10.9 Å². The topological polar surface area (TPSA) is 76.3 Å². The Kier molecular flexibility index (Phi) is 5.16. The van der Waals surface area contributed by atoms with E-state index in [9.17, 15) is 4.79 Å². The van der Waals surface area contributed by atoms with Gasteiger partial charge in [-0.3, -0.25) is 0 Å². The Labute approximate surface area is 164 Å². The van der Waals surface area contributed by atoms with Crippen molar-refractivity contribution in [3.05, 3.63) is 53.9 Å². The van der Waals surface area contributed by atoms with Crippen LogP contribution in [0.1, 0.15) is 11.1 Å². The van der Waals surface area contributed by atoms with Crippen LogP contribution in [0.4, 0.5) is 16.3 Å². The zero-order valence-electron chi connectivity index (χ0n) is 16.3. The maximum atomic E-state index is 12.4. The van der Waals surface area contributed by atoms with Gasteiger partial charge in [0.05, 0.1) is 0 Å². The molecular formula is C21H26N6O. The molecule has 28 heavy (non-hydrogen) atoms. The normalized spacial score (nSPS) is 15.0. The van der Waals surface area contributed by atoms with Gasteiger partial charge in [-0.1, -0.05) is 6.07 Å². The van der Waals surface area contributed by atoms with Crippen LogP contribution in [-0.2, 0) is 6.54 Å². The third-order valence-corrected chi connectivity index (χ3v) is 5.26. The Morgan fingerprint density at radius 3 is 2.86 bits per heavy atom. The van der Waals surface area contributed by atoms with Crippen molar-refractivity contribution in [3.63, 3.8) is 0 Å². The number of fused-ring (bicyclic) bond motifs is 1. The number of pyridine rings is 1. The molecule has 1 aromatic carbocycles. The predicted octanol–water partition coefficient (Wildman–Crippen LogP) is 2.94. The van der Waals surface area contributed by atoms with Gasteiger partial charge in [-0.25, -0.2) is 9.78 Å². The number of rotatable bonds is 4. The molecule has 2 amide bonds. The zero-order chi connectivity index (χ0) is 19.5. The number of piperazine rings is 1. The number of aromatic amines is 1. The van der Waals surface area contributed by atoms with Crippen LogP contribution in [0.2, 0.25) is 0 Å². The summed E-state index contributed by atoms with van der Waals surface area (Å²) >= 11 is 0. The number of anilines is 2. The summed E-state index contributed by atoms with van der Waals surface area (Å²) in [5.41, 5.74) is 4.03. The van der Waals surface area contributed by atoms with Gasteiger partial charge < -0.3 is 25.4 Å². The van der Waals surface area contributed by atoms with E-state index in [2.05, 4.69) is 37.4 Å². The second-order valence-corrected chi connectivity index (χ2v) is 7.32. The fraction of sp³-hybridized carbons (Fsp3) is 0.333. The van der Waals surface area contributed by atoms with Crippen LogP contribution in [0.3, 0.4) is 0 Å². The van der Waals surface area contributed by atoms with E-state index in [4.69, 9.17) is 0 Å². The van der Waals surface area contributed by atoms with Gasteiger partial charge in [-0.05, 0) is 43.8 Å². The minimum absolute atomic E-state index is 0.222. The van der Waals surface area contributed by atoms with Crippen molar-refractivity contribution in [1.29, 1.82) is 0 Å². The standard InChI is InChI=1S/C21H26N6O/c1-15-13-23-19-6-5-17(12-18(15)19)25-21(28)24-14-16-4-3-7-22-20(16)27-10-8-26(2)9-11-27/h3-7,12-13,23H,8-11,14H2,1-2H3,(H2,24,25,28). The summed E-state index contributed by atoms with van der Waals surface area (Å²) in [5, 5.41) is 6.99. The van der Waals surface area contributed by atoms with Crippen molar-refractivity contribution < 1.29 is 4.79 Å². The van der Waals surface area contributed by atoms with Gasteiger partial charge in [-0.2, -0.15) is 0 Å². The lowest BCUT2D eigenvalue weighted by Gasteiger charge is -2.34. The van der Waals surface area contributed by atoms with E-state index in [1.165, 1.54) is 0 Å². The molecule has 0 unspecified atom stereocenters. The number of H-pyrrole nitrogens is 1. The molecule has 0 spiro atoms. The summed E-state index contributed by atoms with van der Waals surface area (Å²) in [6.07, 6.45) is 3.78. The number of urea groups is 1. The number of amides is 2. The number of aryl methyl sites for hydroxylation is 1. The first-order valence-corrected chi connectivity index (χ1v) is 9.60. The number of hydrogen-bond donors (Lipinski definition) is 3. The van der Waals surface area contributed by atoms with Crippen molar-refractivity contribution in [2.24, 2.45) is 0 Å². The lowest BCUT2D eigenvalue weighted by Crippen LogP contribution is -2.45. The molecule has 7 heteroatoms. The molecule has 3 N–H and O–H groups in total. The minimum Gasteiger partial charge on any atom is -0.361 e. The molecule has 0 saturated carbocycles. The van der Waals surface area contributed by atoms with Crippen LogP contribution in [-0.4, -0.2) is 54.1 Å². The third-order valence-electron chi connectivity index (χ3n) is 5.26.